The molecule has 3 heterocycles. The summed E-state index contributed by atoms with van der Waals surface area (Å²) in [6.07, 6.45) is 1.62. The van der Waals surface area contributed by atoms with Crippen LogP contribution in [-0.2, 0) is 15.1 Å². The van der Waals surface area contributed by atoms with Crippen LogP contribution in [0, 0.1) is 5.82 Å². The Morgan fingerprint density at radius 1 is 1.22 bits per heavy atom. The van der Waals surface area contributed by atoms with Crippen LogP contribution in [0.3, 0.4) is 0 Å². The number of benzene rings is 2. The first-order valence-corrected chi connectivity index (χ1v) is 11.2. The van der Waals surface area contributed by atoms with E-state index in [9.17, 15) is 18.8 Å². The van der Waals surface area contributed by atoms with Crippen LogP contribution in [0.1, 0.15) is 36.4 Å². The third-order valence-corrected chi connectivity index (χ3v) is 7.30. The van der Waals surface area contributed by atoms with Gasteiger partial charge in [0.25, 0.3) is 5.91 Å². The smallest absolute Gasteiger partial charge is 0.325 e. The van der Waals surface area contributed by atoms with Gasteiger partial charge in [0.15, 0.2) is 0 Å². The third kappa shape index (κ3) is 3.33. The summed E-state index contributed by atoms with van der Waals surface area (Å²) in [7, 11) is 0. The van der Waals surface area contributed by atoms with Crippen LogP contribution in [0.2, 0.25) is 0 Å². The first kappa shape index (κ1) is 20.6. The molecular formula is C23H21FN4O3S. The molecule has 1 N–H and O–H groups in total. The summed E-state index contributed by atoms with van der Waals surface area (Å²) in [6.45, 7) is 1.77. The average Bonchev–Trinajstić information content (AvgIpc) is 3.47. The van der Waals surface area contributed by atoms with Gasteiger partial charge in [-0.25, -0.2) is 14.2 Å². The number of nitrogens with zero attached hydrogens (tertiary/aromatic N) is 3. The van der Waals surface area contributed by atoms with Gasteiger partial charge >= 0.3 is 6.03 Å². The highest BCUT2D eigenvalue weighted by Gasteiger charge is 2.50. The van der Waals surface area contributed by atoms with E-state index in [0.29, 0.717) is 12.1 Å². The SMILES string of the molecule is CC1(c2ccc(F)cc2)NC(=O)N(CC(=O)N2CCCC2c2nc3ccccc3s2)C1=O. The largest absolute Gasteiger partial charge is 0.332 e. The highest BCUT2D eigenvalue weighted by atomic mass is 32.1. The minimum atomic E-state index is -1.34. The highest BCUT2D eigenvalue weighted by molar-refractivity contribution is 7.18. The quantitative estimate of drug-likeness (QED) is 0.614. The maximum Gasteiger partial charge on any atom is 0.325 e. The van der Waals surface area contributed by atoms with Crippen molar-refractivity contribution in [3.05, 3.63) is 64.9 Å². The molecule has 1 aromatic heterocycles. The molecule has 2 aliphatic heterocycles. The Morgan fingerprint density at radius 2 is 1.97 bits per heavy atom. The summed E-state index contributed by atoms with van der Waals surface area (Å²) in [5, 5.41) is 3.52. The van der Waals surface area contributed by atoms with Gasteiger partial charge in [-0.2, -0.15) is 0 Å². The van der Waals surface area contributed by atoms with E-state index < -0.39 is 23.3 Å². The number of aromatic nitrogens is 1. The molecule has 0 aliphatic carbocycles. The Bertz CT molecular complexity index is 1190. The summed E-state index contributed by atoms with van der Waals surface area (Å²) in [6, 6.07) is 12.4. The molecule has 3 aromatic rings. The fraction of sp³-hybridized carbons (Fsp3) is 0.304. The Balaban J connectivity index is 1.35. The Kier molecular flexibility index (Phi) is 4.93. The number of para-hydroxylation sites is 1. The van der Waals surface area contributed by atoms with Crippen LogP contribution in [0.25, 0.3) is 10.2 Å². The zero-order valence-electron chi connectivity index (χ0n) is 17.4. The highest BCUT2D eigenvalue weighted by Crippen LogP contribution is 2.37. The Hall–Kier alpha value is -3.33. The molecule has 164 valence electrons. The van der Waals surface area contributed by atoms with E-state index in [1.165, 1.54) is 24.3 Å². The van der Waals surface area contributed by atoms with E-state index in [0.717, 1.165) is 33.0 Å². The van der Waals surface area contributed by atoms with Crippen molar-refractivity contribution in [1.29, 1.82) is 0 Å². The fourth-order valence-corrected chi connectivity index (χ4v) is 5.52. The van der Waals surface area contributed by atoms with E-state index in [1.54, 1.807) is 23.2 Å². The van der Waals surface area contributed by atoms with Gasteiger partial charge < -0.3 is 10.2 Å². The summed E-state index contributed by atoms with van der Waals surface area (Å²) in [4.78, 5) is 46.2. The molecule has 2 unspecified atom stereocenters. The number of nitrogens with one attached hydrogen (secondary N) is 1. The second-order valence-corrected chi connectivity index (χ2v) is 9.28. The molecule has 7 nitrogen and oxygen atoms in total. The number of halogens is 1. The van der Waals surface area contributed by atoms with Gasteiger partial charge in [-0.1, -0.05) is 24.3 Å². The van der Waals surface area contributed by atoms with Crippen molar-refractivity contribution in [1.82, 2.24) is 20.1 Å². The molecule has 9 heteroatoms. The van der Waals surface area contributed by atoms with Crippen LogP contribution in [0.4, 0.5) is 9.18 Å². The Labute approximate surface area is 187 Å². The zero-order valence-corrected chi connectivity index (χ0v) is 18.2. The predicted octanol–water partition coefficient (Wildman–Crippen LogP) is 3.57. The molecule has 2 aliphatic rings. The van der Waals surface area contributed by atoms with Crippen molar-refractivity contribution < 1.29 is 18.8 Å². The summed E-state index contributed by atoms with van der Waals surface area (Å²) >= 11 is 1.56. The third-order valence-electron chi connectivity index (χ3n) is 6.16. The fourth-order valence-electron chi connectivity index (χ4n) is 4.40. The lowest BCUT2D eigenvalue weighted by atomic mass is 9.92. The molecule has 5 rings (SSSR count). The summed E-state index contributed by atoms with van der Waals surface area (Å²) in [5.41, 5.74) is 0.0133. The minimum Gasteiger partial charge on any atom is -0.332 e. The van der Waals surface area contributed by atoms with Crippen molar-refractivity contribution in [2.24, 2.45) is 0 Å². The molecule has 4 amide bonds. The van der Waals surface area contributed by atoms with Gasteiger partial charge in [-0.15, -0.1) is 11.3 Å². The van der Waals surface area contributed by atoms with Gasteiger partial charge in [-0.05, 0) is 49.6 Å². The molecule has 2 fully saturated rings. The maximum absolute atomic E-state index is 13.3. The lowest BCUT2D eigenvalue weighted by Crippen LogP contribution is -2.44. The van der Waals surface area contributed by atoms with E-state index in [1.807, 2.05) is 24.3 Å². The first-order chi connectivity index (χ1) is 15.4. The van der Waals surface area contributed by atoms with Gasteiger partial charge in [0.1, 0.15) is 22.9 Å². The van der Waals surface area contributed by atoms with Gasteiger partial charge in [0, 0.05) is 6.54 Å². The van der Waals surface area contributed by atoms with E-state index in [4.69, 9.17) is 4.98 Å². The van der Waals surface area contributed by atoms with Gasteiger partial charge in [0.05, 0.1) is 16.3 Å². The second kappa shape index (κ2) is 7.67. The Morgan fingerprint density at radius 3 is 2.72 bits per heavy atom. The van der Waals surface area contributed by atoms with Gasteiger partial charge in [0.2, 0.25) is 5.91 Å². The molecule has 0 bridgehead atoms. The number of rotatable bonds is 4. The number of imide groups is 1. The van der Waals surface area contributed by atoms with Crippen molar-refractivity contribution >= 4 is 39.4 Å². The molecule has 0 saturated carbocycles. The number of thiazole rings is 1. The van der Waals surface area contributed by atoms with E-state index in [-0.39, 0.29) is 18.5 Å². The van der Waals surface area contributed by atoms with Crippen molar-refractivity contribution in [3.8, 4) is 0 Å². The van der Waals surface area contributed by atoms with Gasteiger partial charge in [-0.3, -0.25) is 14.5 Å². The molecule has 0 spiro atoms. The molecule has 32 heavy (non-hydrogen) atoms. The van der Waals surface area contributed by atoms with Crippen molar-refractivity contribution in [2.75, 3.05) is 13.1 Å². The number of fused-ring (bicyclic) bond motifs is 1. The predicted molar refractivity (Wildman–Crippen MR) is 117 cm³/mol. The number of carbonyl (C=O) groups excluding carboxylic acids is 3. The standard InChI is InChI=1S/C23H21FN4O3S/c1-23(14-8-10-15(24)11-9-14)21(30)28(22(31)26-23)13-19(29)27-12-4-6-17(27)20-25-16-5-2-3-7-18(16)32-20/h2-3,5,7-11,17H,4,6,12-13H2,1H3,(H,26,31). The van der Waals surface area contributed by atoms with Crippen LogP contribution < -0.4 is 5.32 Å². The van der Waals surface area contributed by atoms with E-state index in [2.05, 4.69) is 5.32 Å². The summed E-state index contributed by atoms with van der Waals surface area (Å²) in [5.74, 6) is -1.26. The summed E-state index contributed by atoms with van der Waals surface area (Å²) < 4.78 is 14.4. The number of hydrogen-bond donors (Lipinski definition) is 1. The van der Waals surface area contributed by atoms with Crippen LogP contribution in [0.5, 0.6) is 0 Å². The number of likely N-dealkylation sites (tertiary alicyclic amines) is 1. The molecule has 2 atom stereocenters. The first-order valence-electron chi connectivity index (χ1n) is 10.4. The number of urea groups is 1. The molecule has 0 radical (unpaired) electrons. The minimum absolute atomic E-state index is 0.163. The maximum atomic E-state index is 13.3. The second-order valence-electron chi connectivity index (χ2n) is 8.22. The molecule has 2 saturated heterocycles. The topological polar surface area (TPSA) is 82.6 Å². The molecule has 2 aromatic carbocycles. The average molecular weight is 453 g/mol. The number of hydrogen-bond acceptors (Lipinski definition) is 5. The van der Waals surface area contributed by atoms with Crippen molar-refractivity contribution in [2.45, 2.75) is 31.3 Å². The van der Waals surface area contributed by atoms with Crippen LogP contribution >= 0.6 is 11.3 Å². The lowest BCUT2D eigenvalue weighted by molar-refractivity contribution is -0.139. The van der Waals surface area contributed by atoms with E-state index >= 15 is 0 Å². The monoisotopic (exact) mass is 452 g/mol. The zero-order chi connectivity index (χ0) is 22.5. The van der Waals surface area contributed by atoms with Crippen LogP contribution in [0.15, 0.2) is 48.5 Å². The molecular weight excluding hydrogens is 431 g/mol. The number of carbonyl (C=O) groups is 3. The van der Waals surface area contributed by atoms with Crippen molar-refractivity contribution in [3.63, 3.8) is 0 Å². The van der Waals surface area contributed by atoms with Crippen LogP contribution in [-0.4, -0.2) is 45.7 Å². The normalized spacial score (nSPS) is 23.2. The lowest BCUT2D eigenvalue weighted by Gasteiger charge is -2.26. The number of amides is 4.